The van der Waals surface area contributed by atoms with E-state index in [1.165, 1.54) is 22.3 Å². The third-order valence-electron chi connectivity index (χ3n) is 3.06. The Morgan fingerprint density at radius 1 is 1.06 bits per heavy atom. The van der Waals surface area contributed by atoms with Crippen LogP contribution in [0.1, 0.15) is 16.8 Å². The van der Waals surface area contributed by atoms with E-state index in [0.29, 0.717) is 0 Å². The fourth-order valence-corrected chi connectivity index (χ4v) is 2.37. The largest absolute Gasteiger partial charge is 0.297 e. The highest BCUT2D eigenvalue weighted by molar-refractivity contribution is 5.84. The molecule has 0 unspecified atom stereocenters. The molecule has 2 heteroatoms. The summed E-state index contributed by atoms with van der Waals surface area (Å²) in [5.41, 5.74) is 7.12. The Morgan fingerprint density at radius 3 is 2.69 bits per heavy atom. The lowest BCUT2D eigenvalue weighted by Crippen LogP contribution is -1.90. The molecule has 80 valence electrons. The second-order valence-corrected chi connectivity index (χ2v) is 4.42. The van der Waals surface area contributed by atoms with Crippen molar-refractivity contribution in [1.29, 1.82) is 0 Å². The summed E-state index contributed by atoms with van der Waals surface area (Å²) in [6, 6.07) is 10.6. The Labute approximate surface area is 94.5 Å². The molecule has 3 rings (SSSR count). The molecule has 2 aromatic heterocycles. The molecule has 3 aromatic rings. The molecular formula is C14H14N2. The lowest BCUT2D eigenvalue weighted by molar-refractivity contribution is 1.13. The summed E-state index contributed by atoms with van der Waals surface area (Å²) in [6.07, 6.45) is 0. The van der Waals surface area contributed by atoms with Crippen LogP contribution in [0.5, 0.6) is 0 Å². The van der Waals surface area contributed by atoms with Gasteiger partial charge >= 0.3 is 0 Å². The maximum atomic E-state index is 4.68. The van der Waals surface area contributed by atoms with Crippen molar-refractivity contribution < 1.29 is 0 Å². The molecule has 0 saturated carbocycles. The van der Waals surface area contributed by atoms with Gasteiger partial charge in [-0.05, 0) is 50.1 Å². The van der Waals surface area contributed by atoms with Crippen LogP contribution in [0.15, 0.2) is 30.3 Å². The highest BCUT2D eigenvalue weighted by atomic mass is 15.0. The summed E-state index contributed by atoms with van der Waals surface area (Å²) in [5, 5.41) is 0. The van der Waals surface area contributed by atoms with Crippen LogP contribution < -0.4 is 0 Å². The Kier molecular flexibility index (Phi) is 1.81. The van der Waals surface area contributed by atoms with Crippen LogP contribution in [-0.2, 0) is 0 Å². The van der Waals surface area contributed by atoms with Gasteiger partial charge in [0.1, 0.15) is 5.65 Å². The summed E-state index contributed by atoms with van der Waals surface area (Å²) in [7, 11) is 0. The van der Waals surface area contributed by atoms with Crippen LogP contribution in [0.25, 0.3) is 16.7 Å². The molecule has 0 atom stereocenters. The third-order valence-corrected chi connectivity index (χ3v) is 3.06. The molecule has 0 N–H and O–H groups in total. The average molecular weight is 210 g/mol. The van der Waals surface area contributed by atoms with Gasteiger partial charge < -0.3 is 0 Å². The minimum Gasteiger partial charge on any atom is -0.297 e. The zero-order valence-corrected chi connectivity index (χ0v) is 9.78. The van der Waals surface area contributed by atoms with Gasteiger partial charge in [0.2, 0.25) is 0 Å². The van der Waals surface area contributed by atoms with Crippen LogP contribution in [0.2, 0.25) is 0 Å². The first-order chi connectivity index (χ1) is 7.66. The van der Waals surface area contributed by atoms with Crippen LogP contribution in [0.4, 0.5) is 0 Å². The molecule has 0 saturated heterocycles. The average Bonchev–Trinajstić information content (AvgIpc) is 2.58. The molecule has 0 aliphatic carbocycles. The second kappa shape index (κ2) is 3.08. The Bertz CT molecular complexity index is 693. The van der Waals surface area contributed by atoms with Crippen LogP contribution in [0, 0.1) is 20.8 Å². The molecule has 0 aliphatic rings. The fourth-order valence-electron chi connectivity index (χ4n) is 2.37. The van der Waals surface area contributed by atoms with Crippen molar-refractivity contribution in [3.8, 4) is 0 Å². The number of aryl methyl sites for hydroxylation is 3. The van der Waals surface area contributed by atoms with Gasteiger partial charge in [0.25, 0.3) is 0 Å². The van der Waals surface area contributed by atoms with E-state index in [2.05, 4.69) is 60.5 Å². The molecule has 0 bridgehead atoms. The van der Waals surface area contributed by atoms with Crippen molar-refractivity contribution in [1.82, 2.24) is 9.38 Å². The lowest BCUT2D eigenvalue weighted by atomic mass is 10.1. The summed E-state index contributed by atoms with van der Waals surface area (Å²) in [6.45, 7) is 6.37. The minimum absolute atomic E-state index is 1.03. The molecule has 2 nitrogen and oxygen atoms in total. The van der Waals surface area contributed by atoms with Gasteiger partial charge in [-0.25, -0.2) is 4.98 Å². The van der Waals surface area contributed by atoms with Gasteiger partial charge in [-0.3, -0.25) is 4.40 Å². The standard InChI is InChI=1S/C14H14N2/c1-9-7-10(2)14-12(8-9)16-11(3)5-4-6-13(16)15-14/h4-8H,1-3H3. The third kappa shape index (κ3) is 1.16. The van der Waals surface area contributed by atoms with E-state index in [0.717, 1.165) is 11.2 Å². The number of pyridine rings is 1. The number of aromatic nitrogens is 2. The zero-order chi connectivity index (χ0) is 11.3. The van der Waals surface area contributed by atoms with Crippen molar-refractivity contribution in [2.24, 2.45) is 0 Å². The predicted molar refractivity (Wildman–Crippen MR) is 66.9 cm³/mol. The van der Waals surface area contributed by atoms with Crippen molar-refractivity contribution in [3.05, 3.63) is 47.2 Å². The van der Waals surface area contributed by atoms with E-state index in [-0.39, 0.29) is 0 Å². The Hall–Kier alpha value is -1.83. The zero-order valence-electron chi connectivity index (χ0n) is 9.78. The summed E-state index contributed by atoms with van der Waals surface area (Å²) in [5.74, 6) is 0. The minimum atomic E-state index is 1.03. The molecule has 0 amide bonds. The van der Waals surface area contributed by atoms with Gasteiger partial charge in [-0.15, -0.1) is 0 Å². The maximum Gasteiger partial charge on any atom is 0.138 e. The lowest BCUT2D eigenvalue weighted by Gasteiger charge is -2.02. The number of nitrogens with zero attached hydrogens (tertiary/aromatic N) is 2. The molecule has 2 heterocycles. The number of rotatable bonds is 0. The molecule has 0 radical (unpaired) electrons. The summed E-state index contributed by atoms with van der Waals surface area (Å²) >= 11 is 0. The summed E-state index contributed by atoms with van der Waals surface area (Å²) < 4.78 is 2.22. The van der Waals surface area contributed by atoms with Gasteiger partial charge in [-0.1, -0.05) is 12.1 Å². The van der Waals surface area contributed by atoms with Crippen LogP contribution in [0.3, 0.4) is 0 Å². The first-order valence-corrected chi connectivity index (χ1v) is 5.52. The monoisotopic (exact) mass is 210 g/mol. The van der Waals surface area contributed by atoms with Gasteiger partial charge in [0.15, 0.2) is 0 Å². The number of fused-ring (bicyclic) bond motifs is 3. The Balaban J connectivity index is 2.63. The van der Waals surface area contributed by atoms with E-state index in [1.807, 2.05) is 0 Å². The molecule has 0 fully saturated rings. The van der Waals surface area contributed by atoms with Crippen molar-refractivity contribution in [3.63, 3.8) is 0 Å². The maximum absolute atomic E-state index is 4.68. The molecule has 0 aliphatic heterocycles. The topological polar surface area (TPSA) is 17.3 Å². The van der Waals surface area contributed by atoms with Crippen LogP contribution in [-0.4, -0.2) is 9.38 Å². The van der Waals surface area contributed by atoms with Crippen LogP contribution >= 0.6 is 0 Å². The number of imidazole rings is 1. The first-order valence-electron chi connectivity index (χ1n) is 5.52. The van der Waals surface area contributed by atoms with E-state index < -0.39 is 0 Å². The van der Waals surface area contributed by atoms with Gasteiger partial charge in [0, 0.05) is 5.69 Å². The quantitative estimate of drug-likeness (QED) is 0.555. The number of benzene rings is 1. The molecule has 0 spiro atoms. The van der Waals surface area contributed by atoms with Gasteiger partial charge in [0.05, 0.1) is 11.0 Å². The highest BCUT2D eigenvalue weighted by Crippen LogP contribution is 2.22. The van der Waals surface area contributed by atoms with E-state index in [4.69, 9.17) is 0 Å². The molecular weight excluding hydrogens is 196 g/mol. The first kappa shape index (κ1) is 9.40. The highest BCUT2D eigenvalue weighted by Gasteiger charge is 2.08. The Morgan fingerprint density at radius 2 is 1.88 bits per heavy atom. The summed E-state index contributed by atoms with van der Waals surface area (Å²) in [4.78, 5) is 4.68. The van der Waals surface area contributed by atoms with Crippen molar-refractivity contribution in [2.75, 3.05) is 0 Å². The second-order valence-electron chi connectivity index (χ2n) is 4.42. The smallest absolute Gasteiger partial charge is 0.138 e. The van der Waals surface area contributed by atoms with Gasteiger partial charge in [-0.2, -0.15) is 0 Å². The predicted octanol–water partition coefficient (Wildman–Crippen LogP) is 3.41. The number of hydrogen-bond acceptors (Lipinski definition) is 1. The van der Waals surface area contributed by atoms with E-state index >= 15 is 0 Å². The molecule has 1 aromatic carbocycles. The van der Waals surface area contributed by atoms with Crippen molar-refractivity contribution >= 4 is 16.7 Å². The van der Waals surface area contributed by atoms with E-state index in [9.17, 15) is 0 Å². The van der Waals surface area contributed by atoms with E-state index in [1.54, 1.807) is 0 Å². The SMILES string of the molecule is Cc1cc(C)c2nc3cccc(C)n3c2c1. The van der Waals surface area contributed by atoms with Crippen molar-refractivity contribution in [2.45, 2.75) is 20.8 Å². The fraction of sp³-hybridized carbons (Fsp3) is 0.214. The molecule has 16 heavy (non-hydrogen) atoms. The number of hydrogen-bond donors (Lipinski definition) is 0. The normalized spacial score (nSPS) is 11.4.